The molecule has 0 aliphatic carbocycles. The second-order valence-corrected chi connectivity index (χ2v) is 9.41. The molecule has 1 amide bonds. The van der Waals surface area contributed by atoms with Gasteiger partial charge >= 0.3 is 5.97 Å². The van der Waals surface area contributed by atoms with Crippen LogP contribution in [-0.2, 0) is 22.5 Å². The zero-order valence-electron chi connectivity index (χ0n) is 19.0. The lowest BCUT2D eigenvalue weighted by atomic mass is 10.0. The van der Waals surface area contributed by atoms with Gasteiger partial charge in [0.15, 0.2) is 6.61 Å². The van der Waals surface area contributed by atoms with E-state index in [0.29, 0.717) is 34.9 Å². The summed E-state index contributed by atoms with van der Waals surface area (Å²) in [6.45, 7) is 12.2. The second kappa shape index (κ2) is 10.3. The molecule has 0 saturated heterocycles. The molecule has 1 aromatic carbocycles. The molecule has 3 rings (SSSR count). The summed E-state index contributed by atoms with van der Waals surface area (Å²) in [5.74, 6) is 0.412. The molecule has 0 unspecified atom stereocenters. The first-order chi connectivity index (χ1) is 14.8. The van der Waals surface area contributed by atoms with Gasteiger partial charge in [0.25, 0.3) is 5.91 Å². The molecule has 1 aliphatic heterocycles. The van der Waals surface area contributed by atoms with Crippen LogP contribution in [0.15, 0.2) is 24.3 Å². The Morgan fingerprint density at radius 2 is 1.87 bits per heavy atom. The maximum atomic E-state index is 12.6. The lowest BCUT2D eigenvalue weighted by molar-refractivity contribution is -0.118. The molecule has 7 heteroatoms. The van der Waals surface area contributed by atoms with Gasteiger partial charge in [-0.15, -0.1) is 11.3 Å². The Kier molecular flexibility index (Phi) is 7.73. The predicted octanol–water partition coefficient (Wildman–Crippen LogP) is 4.83. The fourth-order valence-corrected chi connectivity index (χ4v) is 4.91. The van der Waals surface area contributed by atoms with Crippen LogP contribution in [0, 0.1) is 0 Å². The smallest absolute Gasteiger partial charge is 0.341 e. The topological polar surface area (TPSA) is 67.9 Å². The largest absolute Gasteiger partial charge is 0.484 e. The molecule has 0 radical (unpaired) electrons. The van der Waals surface area contributed by atoms with E-state index >= 15 is 0 Å². The van der Waals surface area contributed by atoms with E-state index in [4.69, 9.17) is 9.47 Å². The van der Waals surface area contributed by atoms with Gasteiger partial charge in [0.1, 0.15) is 10.8 Å². The summed E-state index contributed by atoms with van der Waals surface area (Å²) in [7, 11) is 0. The molecule has 31 heavy (non-hydrogen) atoms. The van der Waals surface area contributed by atoms with E-state index < -0.39 is 0 Å². The van der Waals surface area contributed by atoms with Crippen LogP contribution < -0.4 is 10.1 Å². The maximum absolute atomic E-state index is 12.6. The number of nitrogens with zero attached hydrogens (tertiary/aromatic N) is 1. The highest BCUT2D eigenvalue weighted by atomic mass is 32.1. The number of ether oxygens (including phenoxy) is 2. The average Bonchev–Trinajstić information content (AvgIpc) is 3.09. The minimum Gasteiger partial charge on any atom is -0.484 e. The molecule has 6 nitrogen and oxygen atoms in total. The molecular weight excluding hydrogens is 412 g/mol. The number of nitrogens with one attached hydrogen (secondary N) is 1. The van der Waals surface area contributed by atoms with Gasteiger partial charge < -0.3 is 14.8 Å². The number of esters is 1. The molecule has 2 heterocycles. The summed E-state index contributed by atoms with van der Waals surface area (Å²) in [5.41, 5.74) is 2.72. The van der Waals surface area contributed by atoms with Crippen LogP contribution in [0.1, 0.15) is 66.9 Å². The van der Waals surface area contributed by atoms with Gasteiger partial charge in [0, 0.05) is 24.0 Å². The minimum absolute atomic E-state index is 0.121. The molecule has 2 aromatic rings. The van der Waals surface area contributed by atoms with Gasteiger partial charge in [-0.25, -0.2) is 4.79 Å². The average molecular weight is 445 g/mol. The number of hydrogen-bond acceptors (Lipinski definition) is 6. The van der Waals surface area contributed by atoms with Gasteiger partial charge in [-0.3, -0.25) is 9.69 Å². The van der Waals surface area contributed by atoms with Gasteiger partial charge in [0.2, 0.25) is 0 Å². The van der Waals surface area contributed by atoms with Crippen molar-refractivity contribution >= 4 is 28.2 Å². The number of anilines is 1. The van der Waals surface area contributed by atoms with Gasteiger partial charge in [0.05, 0.1) is 12.2 Å². The molecule has 0 fully saturated rings. The Bertz CT molecular complexity index is 918. The highest BCUT2D eigenvalue weighted by Crippen LogP contribution is 2.38. The van der Waals surface area contributed by atoms with E-state index in [-0.39, 0.29) is 18.5 Å². The number of hydrogen-bond donors (Lipinski definition) is 1. The highest BCUT2D eigenvalue weighted by molar-refractivity contribution is 7.17. The Morgan fingerprint density at radius 3 is 2.48 bits per heavy atom. The summed E-state index contributed by atoms with van der Waals surface area (Å²) in [6, 6.07) is 8.18. The Balaban J connectivity index is 1.72. The predicted molar refractivity (Wildman–Crippen MR) is 124 cm³/mol. The van der Waals surface area contributed by atoms with Crippen molar-refractivity contribution in [3.8, 4) is 5.75 Å². The van der Waals surface area contributed by atoms with Crippen LogP contribution in [0.3, 0.4) is 0 Å². The van der Waals surface area contributed by atoms with Crippen molar-refractivity contribution in [1.82, 2.24) is 4.90 Å². The summed E-state index contributed by atoms with van der Waals surface area (Å²) in [4.78, 5) is 28.7. The Labute approximate surface area is 188 Å². The summed E-state index contributed by atoms with van der Waals surface area (Å²) < 4.78 is 10.9. The molecule has 1 N–H and O–H groups in total. The number of rotatable bonds is 8. The van der Waals surface area contributed by atoms with Crippen molar-refractivity contribution in [2.75, 3.05) is 25.1 Å². The number of benzene rings is 1. The minimum atomic E-state index is -0.376. The SMILES string of the molecule is CCOC(=O)c1c(NC(=O)COc2ccc(C(C)C)cc2)sc2c1CCN(C(C)C)C2. The van der Waals surface area contributed by atoms with Crippen molar-refractivity contribution in [1.29, 1.82) is 0 Å². The molecular formula is C24H32N2O4S. The summed E-state index contributed by atoms with van der Waals surface area (Å²) in [6.07, 6.45) is 0.771. The molecule has 168 valence electrons. The zero-order chi connectivity index (χ0) is 22.5. The third-order valence-corrected chi connectivity index (χ3v) is 6.60. The first kappa shape index (κ1) is 23.3. The van der Waals surface area contributed by atoms with Gasteiger partial charge in [-0.2, -0.15) is 0 Å². The number of carbonyl (C=O) groups excluding carboxylic acids is 2. The van der Waals surface area contributed by atoms with Crippen molar-refractivity contribution in [3.05, 3.63) is 45.8 Å². The summed E-state index contributed by atoms with van der Waals surface area (Å²) in [5, 5.41) is 3.44. The first-order valence-corrected chi connectivity index (χ1v) is 11.7. The van der Waals surface area contributed by atoms with Crippen LogP contribution in [0.4, 0.5) is 5.00 Å². The van der Waals surface area contributed by atoms with E-state index in [1.54, 1.807) is 6.92 Å². The first-order valence-electron chi connectivity index (χ1n) is 10.9. The van der Waals surface area contributed by atoms with Crippen molar-refractivity contribution in [2.45, 2.75) is 59.5 Å². The number of carbonyl (C=O) groups is 2. The highest BCUT2D eigenvalue weighted by Gasteiger charge is 2.30. The number of fused-ring (bicyclic) bond motifs is 1. The van der Waals surface area contributed by atoms with E-state index in [1.807, 2.05) is 24.3 Å². The van der Waals surface area contributed by atoms with Crippen LogP contribution in [0.5, 0.6) is 5.75 Å². The normalized spacial score (nSPS) is 13.9. The monoisotopic (exact) mass is 444 g/mol. The summed E-state index contributed by atoms with van der Waals surface area (Å²) >= 11 is 1.46. The fourth-order valence-electron chi connectivity index (χ4n) is 3.63. The van der Waals surface area contributed by atoms with Crippen LogP contribution in [-0.4, -0.2) is 42.6 Å². The fraction of sp³-hybridized carbons (Fsp3) is 0.500. The van der Waals surface area contributed by atoms with Crippen LogP contribution >= 0.6 is 11.3 Å². The van der Waals surface area contributed by atoms with Gasteiger partial charge in [-0.05, 0) is 56.4 Å². The number of amides is 1. The lowest BCUT2D eigenvalue weighted by Gasteiger charge is -2.30. The Morgan fingerprint density at radius 1 is 1.16 bits per heavy atom. The van der Waals surface area contributed by atoms with Crippen LogP contribution in [0.25, 0.3) is 0 Å². The number of thiophene rings is 1. The van der Waals surface area contributed by atoms with E-state index in [1.165, 1.54) is 16.9 Å². The Hall–Kier alpha value is -2.38. The third kappa shape index (κ3) is 5.66. The third-order valence-electron chi connectivity index (χ3n) is 5.47. The van der Waals surface area contributed by atoms with Crippen molar-refractivity contribution in [2.24, 2.45) is 0 Å². The van der Waals surface area contributed by atoms with Crippen molar-refractivity contribution in [3.63, 3.8) is 0 Å². The standard InChI is InChI=1S/C24H32N2O4S/c1-6-29-24(28)22-19-11-12-26(16(4)5)13-20(19)31-23(22)25-21(27)14-30-18-9-7-17(8-10-18)15(2)3/h7-10,15-16H,6,11-14H2,1-5H3,(H,25,27). The molecule has 0 spiro atoms. The molecule has 0 saturated carbocycles. The van der Waals surface area contributed by atoms with E-state index in [9.17, 15) is 9.59 Å². The second-order valence-electron chi connectivity index (χ2n) is 8.30. The van der Waals surface area contributed by atoms with E-state index in [0.717, 1.165) is 30.0 Å². The lowest BCUT2D eigenvalue weighted by Crippen LogP contribution is -2.35. The van der Waals surface area contributed by atoms with E-state index in [2.05, 4.69) is 37.9 Å². The van der Waals surface area contributed by atoms with Crippen LogP contribution in [0.2, 0.25) is 0 Å². The van der Waals surface area contributed by atoms with Crippen molar-refractivity contribution < 1.29 is 19.1 Å². The quantitative estimate of drug-likeness (QED) is 0.591. The molecule has 0 atom stereocenters. The molecule has 1 aromatic heterocycles. The zero-order valence-corrected chi connectivity index (χ0v) is 19.8. The molecule has 0 bridgehead atoms. The van der Waals surface area contributed by atoms with Gasteiger partial charge in [-0.1, -0.05) is 26.0 Å². The maximum Gasteiger partial charge on any atom is 0.341 e. The molecule has 1 aliphatic rings.